The number of aromatic nitrogens is 2. The summed E-state index contributed by atoms with van der Waals surface area (Å²) in [4.78, 5) is 48.9. The van der Waals surface area contributed by atoms with Crippen molar-refractivity contribution in [2.24, 2.45) is 0 Å². The van der Waals surface area contributed by atoms with E-state index in [-0.39, 0.29) is 34.8 Å². The van der Waals surface area contributed by atoms with Gasteiger partial charge in [-0.3, -0.25) is 19.8 Å². The maximum Gasteiger partial charge on any atom is 0.328 e. The van der Waals surface area contributed by atoms with Crippen molar-refractivity contribution in [1.82, 2.24) is 14.9 Å². The summed E-state index contributed by atoms with van der Waals surface area (Å²) in [6, 6.07) is 4.93. The SMILES string of the molecule is COC[C@@H](C)Oc1cc(NC(=O)N2CCCc3cc(CN4CCCC4=O)c(C=O)nc32)ncc1C#N. The third kappa shape index (κ3) is 5.44. The average Bonchev–Trinajstić information content (AvgIpc) is 3.27. The Morgan fingerprint density at radius 2 is 2.11 bits per heavy atom. The number of hydrogen-bond acceptors (Lipinski definition) is 8. The van der Waals surface area contributed by atoms with Crippen LogP contribution in [0.2, 0.25) is 0 Å². The molecule has 3 amide bonds. The lowest BCUT2D eigenvalue weighted by Crippen LogP contribution is -2.40. The first-order valence-corrected chi connectivity index (χ1v) is 11.8. The van der Waals surface area contributed by atoms with E-state index in [1.807, 2.05) is 12.1 Å². The first-order valence-electron chi connectivity index (χ1n) is 11.8. The molecule has 0 aromatic carbocycles. The zero-order chi connectivity index (χ0) is 25.7. The number of fused-ring (bicyclic) bond motifs is 1. The van der Waals surface area contributed by atoms with Gasteiger partial charge in [0.25, 0.3) is 0 Å². The Morgan fingerprint density at radius 1 is 1.31 bits per heavy atom. The Bertz CT molecular complexity index is 1210. The molecule has 1 N–H and O–H groups in total. The minimum absolute atomic E-state index is 0.0699. The van der Waals surface area contributed by atoms with E-state index in [0.29, 0.717) is 63.2 Å². The van der Waals surface area contributed by atoms with E-state index < -0.39 is 6.03 Å². The molecular weight excluding hydrogens is 464 g/mol. The van der Waals surface area contributed by atoms with Gasteiger partial charge >= 0.3 is 6.03 Å². The van der Waals surface area contributed by atoms with Crippen LogP contribution in [0.3, 0.4) is 0 Å². The summed E-state index contributed by atoms with van der Waals surface area (Å²) in [5, 5.41) is 12.1. The smallest absolute Gasteiger partial charge is 0.328 e. The van der Waals surface area contributed by atoms with E-state index in [0.717, 1.165) is 12.0 Å². The van der Waals surface area contributed by atoms with Crippen LogP contribution in [0.25, 0.3) is 0 Å². The molecule has 0 unspecified atom stereocenters. The maximum absolute atomic E-state index is 13.2. The highest BCUT2D eigenvalue weighted by molar-refractivity contribution is 6.01. The Morgan fingerprint density at radius 3 is 2.81 bits per heavy atom. The number of amides is 3. The fourth-order valence-corrected chi connectivity index (χ4v) is 4.41. The normalized spacial score (nSPS) is 15.8. The molecule has 1 saturated heterocycles. The number of anilines is 2. The number of carbonyl (C=O) groups is 3. The minimum Gasteiger partial charge on any atom is -0.487 e. The Balaban J connectivity index is 1.55. The zero-order valence-corrected chi connectivity index (χ0v) is 20.3. The molecule has 0 spiro atoms. The molecule has 36 heavy (non-hydrogen) atoms. The zero-order valence-electron chi connectivity index (χ0n) is 20.3. The van der Waals surface area contributed by atoms with Crippen molar-refractivity contribution in [1.29, 1.82) is 5.26 Å². The Hall–Kier alpha value is -4.04. The quantitative estimate of drug-likeness (QED) is 0.555. The number of nitrogens with one attached hydrogen (secondary N) is 1. The van der Waals surface area contributed by atoms with Gasteiger partial charge in [-0.2, -0.15) is 5.26 Å². The van der Waals surface area contributed by atoms with Gasteiger partial charge in [-0.25, -0.2) is 14.8 Å². The predicted molar refractivity (Wildman–Crippen MR) is 130 cm³/mol. The summed E-state index contributed by atoms with van der Waals surface area (Å²) in [6.07, 6.45) is 4.44. The average molecular weight is 493 g/mol. The second-order valence-corrected chi connectivity index (χ2v) is 8.80. The van der Waals surface area contributed by atoms with Crippen molar-refractivity contribution in [2.45, 2.75) is 45.3 Å². The van der Waals surface area contributed by atoms with Crippen LogP contribution in [0, 0.1) is 11.3 Å². The van der Waals surface area contributed by atoms with Crippen molar-refractivity contribution < 1.29 is 23.9 Å². The molecule has 1 fully saturated rings. The van der Waals surface area contributed by atoms with Gasteiger partial charge in [0.1, 0.15) is 40.8 Å². The lowest BCUT2D eigenvalue weighted by Gasteiger charge is -2.29. The molecule has 188 valence electrons. The van der Waals surface area contributed by atoms with Crippen LogP contribution in [-0.2, 0) is 22.5 Å². The number of nitrogens with zero attached hydrogens (tertiary/aromatic N) is 5. The van der Waals surface area contributed by atoms with Gasteiger partial charge in [0.15, 0.2) is 6.29 Å². The molecule has 2 aromatic rings. The monoisotopic (exact) mass is 492 g/mol. The first-order chi connectivity index (χ1) is 17.4. The number of nitriles is 1. The van der Waals surface area contributed by atoms with Gasteiger partial charge in [-0.05, 0) is 37.8 Å². The second-order valence-electron chi connectivity index (χ2n) is 8.80. The van der Waals surface area contributed by atoms with Crippen molar-refractivity contribution in [2.75, 3.05) is 37.0 Å². The van der Waals surface area contributed by atoms with E-state index in [1.165, 1.54) is 17.2 Å². The van der Waals surface area contributed by atoms with E-state index in [9.17, 15) is 19.6 Å². The summed E-state index contributed by atoms with van der Waals surface area (Å²) in [5.41, 5.74) is 1.98. The topological polar surface area (TPSA) is 138 Å². The molecule has 2 aliphatic rings. The van der Waals surface area contributed by atoms with Crippen LogP contribution in [0.1, 0.15) is 53.4 Å². The third-order valence-corrected chi connectivity index (χ3v) is 6.11. The third-order valence-electron chi connectivity index (χ3n) is 6.11. The number of carbonyl (C=O) groups excluding carboxylic acids is 3. The van der Waals surface area contributed by atoms with Crippen LogP contribution in [-0.4, -0.2) is 66.0 Å². The number of rotatable bonds is 8. The van der Waals surface area contributed by atoms with Gasteiger partial charge in [0.2, 0.25) is 5.91 Å². The van der Waals surface area contributed by atoms with Crippen molar-refractivity contribution in [3.8, 4) is 11.8 Å². The number of ether oxygens (including phenoxy) is 2. The van der Waals surface area contributed by atoms with Crippen molar-refractivity contribution in [3.05, 3.63) is 40.7 Å². The highest BCUT2D eigenvalue weighted by Crippen LogP contribution is 2.29. The number of likely N-dealkylation sites (tertiary alicyclic amines) is 1. The number of aryl methyl sites for hydroxylation is 1. The highest BCUT2D eigenvalue weighted by atomic mass is 16.5. The predicted octanol–water partition coefficient (Wildman–Crippen LogP) is 2.68. The highest BCUT2D eigenvalue weighted by Gasteiger charge is 2.28. The van der Waals surface area contributed by atoms with E-state index in [1.54, 1.807) is 18.9 Å². The lowest BCUT2D eigenvalue weighted by molar-refractivity contribution is -0.128. The van der Waals surface area contributed by atoms with E-state index in [4.69, 9.17) is 9.47 Å². The maximum atomic E-state index is 13.2. The van der Waals surface area contributed by atoms with Crippen molar-refractivity contribution in [3.63, 3.8) is 0 Å². The van der Waals surface area contributed by atoms with Crippen LogP contribution < -0.4 is 15.0 Å². The number of hydrogen-bond donors (Lipinski definition) is 1. The van der Waals surface area contributed by atoms with Gasteiger partial charge < -0.3 is 14.4 Å². The molecular formula is C25H28N6O5. The van der Waals surface area contributed by atoms with Gasteiger partial charge in [-0.1, -0.05) is 0 Å². The van der Waals surface area contributed by atoms with Crippen LogP contribution in [0.4, 0.5) is 16.4 Å². The standard InChI is InChI=1S/C25H28N6O5/c1-16(15-35-2)36-21-10-22(27-12-19(21)11-26)29-25(34)31-8-3-5-17-9-18(20(14-32)28-24(17)31)13-30-7-4-6-23(30)33/h9-10,12,14,16H,3-8,13,15H2,1-2H3,(H,27,29,34)/t16-/m1/s1. The first kappa shape index (κ1) is 25.1. The largest absolute Gasteiger partial charge is 0.487 e. The summed E-state index contributed by atoms with van der Waals surface area (Å²) in [6.45, 7) is 3.55. The lowest BCUT2D eigenvalue weighted by atomic mass is 10.0. The molecule has 11 nitrogen and oxygen atoms in total. The van der Waals surface area contributed by atoms with Gasteiger partial charge in [0.05, 0.1) is 12.8 Å². The fourth-order valence-electron chi connectivity index (χ4n) is 4.41. The summed E-state index contributed by atoms with van der Waals surface area (Å²) < 4.78 is 10.8. The van der Waals surface area contributed by atoms with Gasteiger partial charge in [0, 0.05) is 44.8 Å². The summed E-state index contributed by atoms with van der Waals surface area (Å²) in [7, 11) is 1.55. The molecule has 0 aliphatic carbocycles. The molecule has 4 rings (SSSR count). The molecule has 0 radical (unpaired) electrons. The van der Waals surface area contributed by atoms with E-state index >= 15 is 0 Å². The molecule has 0 saturated carbocycles. The number of urea groups is 1. The fraction of sp³-hybridized carbons (Fsp3) is 0.440. The van der Waals surface area contributed by atoms with Crippen LogP contribution in [0.15, 0.2) is 18.3 Å². The number of pyridine rings is 2. The van der Waals surface area contributed by atoms with E-state index in [2.05, 4.69) is 15.3 Å². The number of aldehydes is 1. The molecule has 11 heteroatoms. The molecule has 2 aliphatic heterocycles. The Kier molecular flexibility index (Phi) is 7.75. The number of methoxy groups -OCH3 is 1. The summed E-state index contributed by atoms with van der Waals surface area (Å²) >= 11 is 0. The summed E-state index contributed by atoms with van der Waals surface area (Å²) in [5.74, 6) is 0.982. The molecule has 1 atom stereocenters. The van der Waals surface area contributed by atoms with Gasteiger partial charge in [-0.15, -0.1) is 0 Å². The molecule has 4 heterocycles. The second kappa shape index (κ2) is 11.1. The van der Waals surface area contributed by atoms with Crippen LogP contribution in [0.5, 0.6) is 5.75 Å². The van der Waals surface area contributed by atoms with Crippen molar-refractivity contribution >= 4 is 29.9 Å². The Labute approximate surface area is 209 Å². The molecule has 0 bridgehead atoms. The molecule has 2 aromatic heterocycles. The minimum atomic E-state index is -0.462. The van der Waals surface area contributed by atoms with Crippen LogP contribution >= 0.6 is 0 Å².